The predicted octanol–water partition coefficient (Wildman–Crippen LogP) is 2.81. The van der Waals surface area contributed by atoms with Gasteiger partial charge in [-0.1, -0.05) is 20.8 Å². The van der Waals surface area contributed by atoms with Crippen molar-refractivity contribution >= 4 is 0 Å². The van der Waals surface area contributed by atoms with E-state index in [0.717, 1.165) is 17.9 Å². The van der Waals surface area contributed by atoms with E-state index in [9.17, 15) is 0 Å². The van der Waals surface area contributed by atoms with E-state index in [0.29, 0.717) is 0 Å². The molecule has 72 valence electrons. The molecule has 0 atom stereocenters. The van der Waals surface area contributed by atoms with Gasteiger partial charge in [-0.15, -0.1) is 0 Å². The zero-order valence-corrected chi connectivity index (χ0v) is 8.77. The molecule has 12 heavy (non-hydrogen) atoms. The van der Waals surface area contributed by atoms with Crippen molar-refractivity contribution in [3.63, 3.8) is 0 Å². The normalized spacial score (nSPS) is 29.0. The fourth-order valence-corrected chi connectivity index (χ4v) is 1.89. The van der Waals surface area contributed by atoms with Crippen molar-refractivity contribution in [3.05, 3.63) is 0 Å². The molecule has 1 saturated carbocycles. The lowest BCUT2D eigenvalue weighted by Gasteiger charge is -2.33. The van der Waals surface area contributed by atoms with Gasteiger partial charge in [0, 0.05) is 6.04 Å². The van der Waals surface area contributed by atoms with Crippen molar-refractivity contribution in [2.45, 2.75) is 52.5 Å². The molecule has 1 aliphatic carbocycles. The second-order valence-electron chi connectivity index (χ2n) is 4.76. The third-order valence-electron chi connectivity index (χ3n) is 2.77. The summed E-state index contributed by atoms with van der Waals surface area (Å²) >= 11 is 0. The van der Waals surface area contributed by atoms with Crippen molar-refractivity contribution < 1.29 is 0 Å². The largest absolute Gasteiger partial charge is 0.314 e. The molecule has 1 rings (SSSR count). The van der Waals surface area contributed by atoms with Crippen LogP contribution in [0.3, 0.4) is 0 Å². The summed E-state index contributed by atoms with van der Waals surface area (Å²) in [4.78, 5) is 0. The molecule has 0 bridgehead atoms. The van der Waals surface area contributed by atoms with Crippen LogP contribution in [0.1, 0.15) is 46.5 Å². The molecule has 0 unspecified atom stereocenters. The standard InChI is InChI=1S/C11H23N/c1-9(2)5-4-6-12-11-7-10(3)8-11/h9-12H,4-8H2,1-3H3. The quantitative estimate of drug-likeness (QED) is 0.624. The molecule has 0 aromatic carbocycles. The van der Waals surface area contributed by atoms with Crippen LogP contribution in [0.5, 0.6) is 0 Å². The van der Waals surface area contributed by atoms with Gasteiger partial charge in [0.05, 0.1) is 0 Å². The molecule has 0 spiro atoms. The number of nitrogens with one attached hydrogen (secondary N) is 1. The molecular formula is C11H23N. The van der Waals surface area contributed by atoms with Crippen LogP contribution in [-0.2, 0) is 0 Å². The minimum atomic E-state index is 0.854. The molecule has 1 fully saturated rings. The van der Waals surface area contributed by atoms with Crippen LogP contribution in [0, 0.1) is 11.8 Å². The highest BCUT2D eigenvalue weighted by Gasteiger charge is 2.23. The fourth-order valence-electron chi connectivity index (χ4n) is 1.89. The fraction of sp³-hybridized carbons (Fsp3) is 1.00. The van der Waals surface area contributed by atoms with Crippen LogP contribution >= 0.6 is 0 Å². The molecule has 0 aromatic rings. The van der Waals surface area contributed by atoms with Crippen LogP contribution < -0.4 is 5.32 Å². The second kappa shape index (κ2) is 4.86. The van der Waals surface area contributed by atoms with Gasteiger partial charge in [0.2, 0.25) is 0 Å². The first-order chi connectivity index (χ1) is 5.68. The van der Waals surface area contributed by atoms with Gasteiger partial charge in [0.25, 0.3) is 0 Å². The Balaban J connectivity index is 1.83. The molecule has 0 saturated heterocycles. The van der Waals surface area contributed by atoms with Crippen LogP contribution in [0.4, 0.5) is 0 Å². The molecule has 1 heteroatoms. The van der Waals surface area contributed by atoms with Gasteiger partial charge in [-0.05, 0) is 44.1 Å². The van der Waals surface area contributed by atoms with Gasteiger partial charge in [0.1, 0.15) is 0 Å². The summed E-state index contributed by atoms with van der Waals surface area (Å²) < 4.78 is 0. The third-order valence-corrected chi connectivity index (χ3v) is 2.77. The Kier molecular flexibility index (Phi) is 4.07. The first-order valence-corrected chi connectivity index (χ1v) is 5.42. The summed E-state index contributed by atoms with van der Waals surface area (Å²) in [5.41, 5.74) is 0. The molecule has 1 nitrogen and oxygen atoms in total. The number of rotatable bonds is 5. The summed E-state index contributed by atoms with van der Waals surface area (Å²) in [6.45, 7) is 8.17. The Morgan fingerprint density at radius 1 is 1.33 bits per heavy atom. The predicted molar refractivity (Wildman–Crippen MR) is 54.3 cm³/mol. The highest BCUT2D eigenvalue weighted by Crippen LogP contribution is 2.26. The maximum Gasteiger partial charge on any atom is 0.00721 e. The van der Waals surface area contributed by atoms with Gasteiger partial charge in [-0.2, -0.15) is 0 Å². The molecule has 0 radical (unpaired) electrons. The summed E-state index contributed by atoms with van der Waals surface area (Å²) in [6, 6.07) is 0.854. The van der Waals surface area contributed by atoms with E-state index in [1.54, 1.807) is 0 Å². The highest BCUT2D eigenvalue weighted by atomic mass is 14.9. The molecule has 0 heterocycles. The lowest BCUT2D eigenvalue weighted by molar-refractivity contribution is 0.240. The maximum absolute atomic E-state index is 3.60. The van der Waals surface area contributed by atoms with Gasteiger partial charge in [0.15, 0.2) is 0 Å². The van der Waals surface area contributed by atoms with Crippen molar-refractivity contribution in [2.24, 2.45) is 11.8 Å². The third kappa shape index (κ3) is 3.57. The minimum absolute atomic E-state index is 0.854. The van der Waals surface area contributed by atoms with Crippen LogP contribution in [0.2, 0.25) is 0 Å². The highest BCUT2D eigenvalue weighted by molar-refractivity contribution is 4.81. The Hall–Kier alpha value is -0.0400. The Bertz CT molecular complexity index is 114. The van der Waals surface area contributed by atoms with Crippen molar-refractivity contribution in [2.75, 3.05) is 6.54 Å². The van der Waals surface area contributed by atoms with E-state index in [2.05, 4.69) is 26.1 Å². The number of hydrogen-bond acceptors (Lipinski definition) is 1. The molecule has 0 aliphatic heterocycles. The zero-order valence-electron chi connectivity index (χ0n) is 8.77. The van der Waals surface area contributed by atoms with E-state index >= 15 is 0 Å². The smallest absolute Gasteiger partial charge is 0.00721 e. The minimum Gasteiger partial charge on any atom is -0.314 e. The maximum atomic E-state index is 3.60. The molecule has 1 aliphatic rings. The van der Waals surface area contributed by atoms with Crippen LogP contribution in [0.25, 0.3) is 0 Å². The molecular weight excluding hydrogens is 146 g/mol. The first kappa shape index (κ1) is 10.0. The van der Waals surface area contributed by atoms with E-state index in [4.69, 9.17) is 0 Å². The topological polar surface area (TPSA) is 12.0 Å². The molecule has 0 amide bonds. The van der Waals surface area contributed by atoms with Gasteiger partial charge < -0.3 is 5.32 Å². The lowest BCUT2D eigenvalue weighted by Crippen LogP contribution is -2.40. The Labute approximate surface area is 76.9 Å². The lowest BCUT2D eigenvalue weighted by atomic mass is 9.82. The van der Waals surface area contributed by atoms with Crippen molar-refractivity contribution in [1.82, 2.24) is 5.32 Å². The van der Waals surface area contributed by atoms with Gasteiger partial charge >= 0.3 is 0 Å². The Morgan fingerprint density at radius 2 is 2.00 bits per heavy atom. The van der Waals surface area contributed by atoms with E-state index in [1.807, 2.05) is 0 Å². The zero-order chi connectivity index (χ0) is 8.97. The van der Waals surface area contributed by atoms with Crippen molar-refractivity contribution in [1.29, 1.82) is 0 Å². The average Bonchev–Trinajstić information content (AvgIpc) is 1.93. The summed E-state index contributed by atoms with van der Waals surface area (Å²) in [7, 11) is 0. The average molecular weight is 169 g/mol. The van der Waals surface area contributed by atoms with E-state index in [-0.39, 0.29) is 0 Å². The van der Waals surface area contributed by atoms with Crippen molar-refractivity contribution in [3.8, 4) is 0 Å². The van der Waals surface area contributed by atoms with Crippen LogP contribution in [-0.4, -0.2) is 12.6 Å². The Morgan fingerprint density at radius 3 is 2.50 bits per heavy atom. The second-order valence-corrected chi connectivity index (χ2v) is 4.76. The van der Waals surface area contributed by atoms with E-state index in [1.165, 1.54) is 32.2 Å². The molecule has 0 aromatic heterocycles. The summed E-state index contributed by atoms with van der Waals surface area (Å²) in [5.74, 6) is 1.85. The first-order valence-electron chi connectivity index (χ1n) is 5.42. The monoisotopic (exact) mass is 169 g/mol. The van der Waals surface area contributed by atoms with Gasteiger partial charge in [-0.3, -0.25) is 0 Å². The van der Waals surface area contributed by atoms with Gasteiger partial charge in [-0.25, -0.2) is 0 Å². The number of hydrogen-bond donors (Lipinski definition) is 1. The van der Waals surface area contributed by atoms with E-state index < -0.39 is 0 Å². The SMILES string of the molecule is CC(C)CCCNC1CC(C)C1. The summed E-state index contributed by atoms with van der Waals surface area (Å²) in [5, 5.41) is 3.60. The summed E-state index contributed by atoms with van der Waals surface area (Å²) in [6.07, 6.45) is 5.53. The van der Waals surface area contributed by atoms with Crippen LogP contribution in [0.15, 0.2) is 0 Å². The molecule has 1 N–H and O–H groups in total.